The number of nitrogens with zero attached hydrogens (tertiary/aromatic N) is 2. The fourth-order valence-electron chi connectivity index (χ4n) is 3.16. The van der Waals surface area contributed by atoms with Gasteiger partial charge >= 0.3 is 0 Å². The highest BCUT2D eigenvalue weighted by molar-refractivity contribution is 5.82. The zero-order valence-corrected chi connectivity index (χ0v) is 12.2. The van der Waals surface area contributed by atoms with Crippen LogP contribution < -0.4 is 11.3 Å². The molecule has 0 bridgehead atoms. The Morgan fingerprint density at radius 2 is 2.20 bits per heavy atom. The summed E-state index contributed by atoms with van der Waals surface area (Å²) in [6.45, 7) is 3.04. The third kappa shape index (κ3) is 2.58. The number of nitrogens with two attached hydrogens (primary N) is 1. The first-order valence-electron chi connectivity index (χ1n) is 7.72. The summed E-state index contributed by atoms with van der Waals surface area (Å²) in [5, 5.41) is 6.03. The number of benzene rings is 1. The van der Waals surface area contributed by atoms with E-state index in [2.05, 4.69) is 41.3 Å². The first-order chi connectivity index (χ1) is 9.81. The minimum atomic E-state index is 0.337. The van der Waals surface area contributed by atoms with E-state index < -0.39 is 0 Å². The molecule has 2 aromatic rings. The van der Waals surface area contributed by atoms with Gasteiger partial charge in [0.2, 0.25) is 0 Å². The molecule has 4 nitrogen and oxygen atoms in total. The predicted octanol–water partition coefficient (Wildman–Crippen LogP) is 2.62. The van der Waals surface area contributed by atoms with E-state index in [4.69, 9.17) is 10.9 Å². The van der Waals surface area contributed by atoms with Gasteiger partial charge in [-0.05, 0) is 25.3 Å². The highest BCUT2D eigenvalue weighted by Crippen LogP contribution is 2.31. The Morgan fingerprint density at radius 1 is 1.40 bits per heavy atom. The van der Waals surface area contributed by atoms with Crippen LogP contribution in [0, 0.1) is 5.92 Å². The number of aromatic nitrogens is 2. The molecule has 1 aliphatic rings. The smallest absolute Gasteiger partial charge is 0.0719 e. The topological polar surface area (TPSA) is 55.9 Å². The van der Waals surface area contributed by atoms with E-state index in [1.165, 1.54) is 42.3 Å². The molecule has 1 heterocycles. The third-order valence-electron chi connectivity index (χ3n) is 4.55. The van der Waals surface area contributed by atoms with Gasteiger partial charge in [-0.25, -0.2) is 0 Å². The SMILES string of the molecule is CCn1nc(CC(CC2CCC2)NN)c2ccccc21. The lowest BCUT2D eigenvalue weighted by molar-refractivity contribution is 0.259. The first-order valence-corrected chi connectivity index (χ1v) is 7.72. The average molecular weight is 272 g/mol. The minimum absolute atomic E-state index is 0.337. The number of fused-ring (bicyclic) bond motifs is 1. The second-order valence-corrected chi connectivity index (χ2v) is 5.88. The van der Waals surface area contributed by atoms with Crippen molar-refractivity contribution >= 4 is 10.9 Å². The normalized spacial score (nSPS) is 17.3. The fourth-order valence-corrected chi connectivity index (χ4v) is 3.16. The summed E-state index contributed by atoms with van der Waals surface area (Å²) in [5.41, 5.74) is 5.39. The number of rotatable bonds is 6. The van der Waals surface area contributed by atoms with Gasteiger partial charge in [0.25, 0.3) is 0 Å². The van der Waals surface area contributed by atoms with Crippen molar-refractivity contribution in [2.45, 2.75) is 51.6 Å². The molecule has 0 saturated heterocycles. The van der Waals surface area contributed by atoms with Crippen molar-refractivity contribution in [2.75, 3.05) is 0 Å². The summed E-state index contributed by atoms with van der Waals surface area (Å²) in [4.78, 5) is 0. The number of hydrazine groups is 1. The van der Waals surface area contributed by atoms with E-state index in [9.17, 15) is 0 Å². The van der Waals surface area contributed by atoms with Crippen LogP contribution in [0.1, 0.15) is 38.3 Å². The molecule has 1 saturated carbocycles. The maximum atomic E-state index is 5.75. The average Bonchev–Trinajstić information content (AvgIpc) is 2.79. The first kappa shape index (κ1) is 13.6. The summed E-state index contributed by atoms with van der Waals surface area (Å²) in [5.74, 6) is 6.60. The van der Waals surface area contributed by atoms with Gasteiger partial charge in [-0.3, -0.25) is 16.0 Å². The molecular weight excluding hydrogens is 248 g/mol. The van der Waals surface area contributed by atoms with Crippen LogP contribution >= 0.6 is 0 Å². The number of aryl methyl sites for hydroxylation is 1. The summed E-state index contributed by atoms with van der Waals surface area (Å²) in [7, 11) is 0. The van der Waals surface area contributed by atoms with Gasteiger partial charge in [0.05, 0.1) is 11.2 Å². The van der Waals surface area contributed by atoms with Gasteiger partial charge in [-0.1, -0.05) is 37.5 Å². The quantitative estimate of drug-likeness (QED) is 0.628. The largest absolute Gasteiger partial charge is 0.271 e. The van der Waals surface area contributed by atoms with Crippen molar-refractivity contribution in [3.8, 4) is 0 Å². The zero-order chi connectivity index (χ0) is 13.9. The lowest BCUT2D eigenvalue weighted by atomic mass is 9.80. The number of hydrogen-bond donors (Lipinski definition) is 2. The van der Waals surface area contributed by atoms with Gasteiger partial charge in [-0.15, -0.1) is 0 Å². The Hall–Kier alpha value is -1.39. The van der Waals surface area contributed by atoms with Gasteiger partial charge in [-0.2, -0.15) is 5.10 Å². The third-order valence-corrected chi connectivity index (χ3v) is 4.55. The number of hydrogen-bond acceptors (Lipinski definition) is 3. The van der Waals surface area contributed by atoms with Crippen LogP contribution in [-0.4, -0.2) is 15.8 Å². The van der Waals surface area contributed by atoms with Gasteiger partial charge in [0.1, 0.15) is 0 Å². The zero-order valence-electron chi connectivity index (χ0n) is 12.2. The molecule has 0 radical (unpaired) electrons. The number of nitrogens with one attached hydrogen (secondary N) is 1. The molecule has 1 aromatic carbocycles. The van der Waals surface area contributed by atoms with Crippen LogP contribution in [0.4, 0.5) is 0 Å². The molecule has 108 valence electrons. The van der Waals surface area contributed by atoms with Crippen molar-refractivity contribution in [2.24, 2.45) is 11.8 Å². The van der Waals surface area contributed by atoms with Crippen LogP contribution in [0.25, 0.3) is 10.9 Å². The summed E-state index contributed by atoms with van der Waals surface area (Å²) < 4.78 is 2.08. The van der Waals surface area contributed by atoms with Crippen LogP contribution in [0.2, 0.25) is 0 Å². The molecule has 3 N–H and O–H groups in total. The molecule has 0 spiro atoms. The lowest BCUT2D eigenvalue weighted by Crippen LogP contribution is -2.39. The molecule has 1 atom stereocenters. The molecule has 4 heteroatoms. The highest BCUT2D eigenvalue weighted by atomic mass is 15.3. The van der Waals surface area contributed by atoms with E-state index in [1.807, 2.05) is 0 Å². The highest BCUT2D eigenvalue weighted by Gasteiger charge is 2.23. The molecule has 1 unspecified atom stereocenters. The van der Waals surface area contributed by atoms with Crippen molar-refractivity contribution in [1.82, 2.24) is 15.2 Å². The van der Waals surface area contributed by atoms with E-state index in [0.717, 1.165) is 18.9 Å². The van der Waals surface area contributed by atoms with E-state index in [-0.39, 0.29) is 0 Å². The van der Waals surface area contributed by atoms with E-state index >= 15 is 0 Å². The Balaban J connectivity index is 1.81. The number of para-hydroxylation sites is 1. The molecule has 20 heavy (non-hydrogen) atoms. The van der Waals surface area contributed by atoms with Crippen molar-refractivity contribution in [3.05, 3.63) is 30.0 Å². The lowest BCUT2D eigenvalue weighted by Gasteiger charge is -2.29. The summed E-state index contributed by atoms with van der Waals surface area (Å²) in [6.07, 6.45) is 6.20. The molecule has 1 aromatic heterocycles. The summed E-state index contributed by atoms with van der Waals surface area (Å²) >= 11 is 0. The Kier molecular flexibility index (Phi) is 4.03. The molecule has 0 amide bonds. The Morgan fingerprint density at radius 3 is 2.85 bits per heavy atom. The second-order valence-electron chi connectivity index (χ2n) is 5.88. The predicted molar refractivity (Wildman–Crippen MR) is 82.2 cm³/mol. The molecule has 3 rings (SSSR count). The van der Waals surface area contributed by atoms with Crippen LogP contribution in [0.15, 0.2) is 24.3 Å². The standard InChI is InChI=1S/C16H24N4/c1-2-20-16-9-4-3-8-14(16)15(19-20)11-13(18-17)10-12-6-5-7-12/h3-4,8-9,12-13,18H,2,5-7,10-11,17H2,1H3. The van der Waals surface area contributed by atoms with Crippen molar-refractivity contribution in [3.63, 3.8) is 0 Å². The van der Waals surface area contributed by atoms with Crippen LogP contribution in [0.3, 0.4) is 0 Å². The monoisotopic (exact) mass is 272 g/mol. The van der Waals surface area contributed by atoms with Gasteiger partial charge < -0.3 is 0 Å². The van der Waals surface area contributed by atoms with Crippen LogP contribution in [-0.2, 0) is 13.0 Å². The van der Waals surface area contributed by atoms with E-state index in [1.54, 1.807) is 0 Å². The van der Waals surface area contributed by atoms with Crippen LogP contribution in [0.5, 0.6) is 0 Å². The summed E-state index contributed by atoms with van der Waals surface area (Å²) in [6, 6.07) is 8.81. The molecule has 0 aliphatic heterocycles. The maximum absolute atomic E-state index is 5.75. The Bertz CT molecular complexity index is 571. The van der Waals surface area contributed by atoms with Crippen molar-refractivity contribution in [1.29, 1.82) is 0 Å². The van der Waals surface area contributed by atoms with Gasteiger partial charge in [0.15, 0.2) is 0 Å². The fraction of sp³-hybridized carbons (Fsp3) is 0.562. The molecule has 1 aliphatic carbocycles. The second kappa shape index (κ2) is 5.94. The van der Waals surface area contributed by atoms with Crippen molar-refractivity contribution < 1.29 is 0 Å². The Labute approximate surface area is 120 Å². The molecular formula is C16H24N4. The molecule has 1 fully saturated rings. The van der Waals surface area contributed by atoms with E-state index in [0.29, 0.717) is 6.04 Å². The maximum Gasteiger partial charge on any atom is 0.0719 e. The minimum Gasteiger partial charge on any atom is -0.271 e. The van der Waals surface area contributed by atoms with Gasteiger partial charge in [0, 0.05) is 24.4 Å².